The number of hydrogen-bond acceptors (Lipinski definition) is 2. The molecule has 1 aliphatic heterocycles. The van der Waals surface area contributed by atoms with E-state index in [2.05, 4.69) is 97.1 Å². The van der Waals surface area contributed by atoms with Crippen LogP contribution in [0.2, 0.25) is 0 Å². The molecule has 0 amide bonds. The Morgan fingerprint density at radius 2 is 0.774 bits per heavy atom. The van der Waals surface area contributed by atoms with E-state index in [1.807, 2.05) is 26.0 Å². The molecule has 1 aliphatic rings. The van der Waals surface area contributed by atoms with E-state index < -0.39 is 5.79 Å². The number of rotatable bonds is 4. The molecule has 0 aromatic heterocycles. The molecule has 0 saturated carbocycles. The Balaban J connectivity index is 1.43. The zero-order chi connectivity index (χ0) is 21.3. The molecule has 31 heavy (non-hydrogen) atoms. The van der Waals surface area contributed by atoms with Crippen LogP contribution in [0.4, 0.5) is 0 Å². The first-order valence-corrected chi connectivity index (χ1v) is 10.8. The standard InChI is InChI=1S/C29H26O2/c1-29(2)30-27(25-17-13-23(14-18-25)21-9-5-3-6-10-21)28(31-29)26-19-15-24(16-20-26)22-11-7-4-8-12-22/h3-20,27-28H,1-2H3/t27-,28-/m0/s1. The van der Waals surface area contributed by atoms with Gasteiger partial charge < -0.3 is 9.47 Å². The largest absolute Gasteiger partial charge is 0.339 e. The minimum Gasteiger partial charge on any atom is -0.339 e. The first-order valence-electron chi connectivity index (χ1n) is 10.8. The normalized spacial score (nSPS) is 19.9. The van der Waals surface area contributed by atoms with Gasteiger partial charge in [-0.1, -0.05) is 109 Å². The number of ether oxygens (including phenoxy) is 2. The van der Waals surface area contributed by atoms with Gasteiger partial charge in [0.15, 0.2) is 5.79 Å². The fourth-order valence-corrected chi connectivity index (χ4v) is 4.24. The van der Waals surface area contributed by atoms with Crippen LogP contribution in [0.1, 0.15) is 37.2 Å². The molecule has 0 bridgehead atoms. The van der Waals surface area contributed by atoms with Crippen LogP contribution in [0, 0.1) is 0 Å². The Bertz CT molecular complexity index is 1040. The lowest BCUT2D eigenvalue weighted by Crippen LogP contribution is -2.20. The summed E-state index contributed by atoms with van der Waals surface area (Å²) in [6.45, 7) is 3.97. The van der Waals surface area contributed by atoms with Gasteiger partial charge in [-0.15, -0.1) is 0 Å². The molecule has 0 unspecified atom stereocenters. The predicted octanol–water partition coefficient (Wildman–Crippen LogP) is 7.59. The van der Waals surface area contributed by atoms with Gasteiger partial charge in [0, 0.05) is 0 Å². The van der Waals surface area contributed by atoms with E-state index in [1.165, 1.54) is 22.3 Å². The molecule has 5 rings (SSSR count). The van der Waals surface area contributed by atoms with E-state index in [0.29, 0.717) is 0 Å². The Hall–Kier alpha value is -3.20. The summed E-state index contributed by atoms with van der Waals surface area (Å²) in [6.07, 6.45) is -0.301. The zero-order valence-corrected chi connectivity index (χ0v) is 17.9. The van der Waals surface area contributed by atoms with Gasteiger partial charge in [0.2, 0.25) is 0 Å². The van der Waals surface area contributed by atoms with Crippen LogP contribution in [0.15, 0.2) is 109 Å². The SMILES string of the molecule is CC1(C)O[C@@H](c2ccc(-c3ccccc3)cc2)[C@H](c2ccc(-c3ccccc3)cc2)O1. The maximum atomic E-state index is 6.34. The minimum atomic E-state index is -0.633. The Labute approximate surface area is 184 Å². The molecule has 154 valence electrons. The highest BCUT2D eigenvalue weighted by atomic mass is 16.7. The lowest BCUT2D eigenvalue weighted by molar-refractivity contribution is -0.147. The van der Waals surface area contributed by atoms with Crippen molar-refractivity contribution in [1.29, 1.82) is 0 Å². The van der Waals surface area contributed by atoms with E-state index in [0.717, 1.165) is 11.1 Å². The molecule has 0 spiro atoms. The van der Waals surface area contributed by atoms with Crippen LogP contribution in [-0.4, -0.2) is 5.79 Å². The fourth-order valence-electron chi connectivity index (χ4n) is 4.24. The highest BCUT2D eigenvalue weighted by Gasteiger charge is 2.42. The van der Waals surface area contributed by atoms with Gasteiger partial charge in [-0.25, -0.2) is 0 Å². The summed E-state index contributed by atoms with van der Waals surface area (Å²) in [7, 11) is 0. The fraction of sp³-hybridized carbons (Fsp3) is 0.172. The summed E-state index contributed by atoms with van der Waals surface area (Å²) in [5.41, 5.74) is 7.08. The Kier molecular flexibility index (Phi) is 5.19. The van der Waals surface area contributed by atoms with Gasteiger partial charge in [-0.05, 0) is 47.2 Å². The third-order valence-corrected chi connectivity index (χ3v) is 5.79. The van der Waals surface area contributed by atoms with Gasteiger partial charge in [0.1, 0.15) is 12.2 Å². The second-order valence-electron chi connectivity index (χ2n) is 8.45. The first-order chi connectivity index (χ1) is 15.1. The molecule has 1 fully saturated rings. The molecule has 2 atom stereocenters. The second kappa shape index (κ2) is 8.14. The van der Waals surface area contributed by atoms with Crippen molar-refractivity contribution in [2.24, 2.45) is 0 Å². The molecule has 0 radical (unpaired) electrons. The van der Waals surface area contributed by atoms with Crippen molar-refractivity contribution in [2.75, 3.05) is 0 Å². The second-order valence-corrected chi connectivity index (χ2v) is 8.45. The van der Waals surface area contributed by atoms with Crippen LogP contribution in [0.3, 0.4) is 0 Å². The smallest absolute Gasteiger partial charge is 0.164 e. The number of benzene rings is 4. The van der Waals surface area contributed by atoms with Crippen molar-refractivity contribution < 1.29 is 9.47 Å². The zero-order valence-electron chi connectivity index (χ0n) is 17.9. The Morgan fingerprint density at radius 1 is 0.452 bits per heavy atom. The molecule has 1 heterocycles. The molecule has 1 saturated heterocycles. The molecular formula is C29H26O2. The van der Waals surface area contributed by atoms with Crippen LogP contribution < -0.4 is 0 Å². The van der Waals surface area contributed by atoms with Crippen molar-refractivity contribution in [1.82, 2.24) is 0 Å². The molecule has 4 aromatic rings. The summed E-state index contributed by atoms with van der Waals surface area (Å²) in [5.74, 6) is -0.633. The molecule has 0 aliphatic carbocycles. The van der Waals surface area contributed by atoms with Crippen molar-refractivity contribution in [3.05, 3.63) is 120 Å². The van der Waals surface area contributed by atoms with E-state index in [4.69, 9.17) is 9.47 Å². The van der Waals surface area contributed by atoms with Crippen molar-refractivity contribution in [3.63, 3.8) is 0 Å². The topological polar surface area (TPSA) is 18.5 Å². The lowest BCUT2D eigenvalue weighted by atomic mass is 9.95. The van der Waals surface area contributed by atoms with Gasteiger partial charge in [-0.3, -0.25) is 0 Å². The monoisotopic (exact) mass is 406 g/mol. The van der Waals surface area contributed by atoms with E-state index in [9.17, 15) is 0 Å². The molecular weight excluding hydrogens is 380 g/mol. The third-order valence-electron chi connectivity index (χ3n) is 5.79. The summed E-state index contributed by atoms with van der Waals surface area (Å²) >= 11 is 0. The first kappa shape index (κ1) is 19.7. The Morgan fingerprint density at radius 3 is 1.13 bits per heavy atom. The van der Waals surface area contributed by atoms with E-state index in [1.54, 1.807) is 0 Å². The van der Waals surface area contributed by atoms with E-state index in [-0.39, 0.29) is 12.2 Å². The molecule has 2 nitrogen and oxygen atoms in total. The van der Waals surface area contributed by atoms with Crippen LogP contribution >= 0.6 is 0 Å². The lowest BCUT2D eigenvalue weighted by Gasteiger charge is -2.18. The quantitative estimate of drug-likeness (QED) is 0.348. The van der Waals surface area contributed by atoms with Crippen LogP contribution in [0.5, 0.6) is 0 Å². The van der Waals surface area contributed by atoms with Crippen LogP contribution in [0.25, 0.3) is 22.3 Å². The third kappa shape index (κ3) is 4.18. The van der Waals surface area contributed by atoms with E-state index >= 15 is 0 Å². The highest BCUT2D eigenvalue weighted by molar-refractivity contribution is 5.64. The average Bonchev–Trinajstić information content (AvgIpc) is 3.16. The maximum absolute atomic E-state index is 6.34. The summed E-state index contributed by atoms with van der Waals surface area (Å²) in [5, 5.41) is 0. The maximum Gasteiger partial charge on any atom is 0.164 e. The van der Waals surface area contributed by atoms with Crippen LogP contribution in [-0.2, 0) is 9.47 Å². The van der Waals surface area contributed by atoms with Gasteiger partial charge in [-0.2, -0.15) is 0 Å². The van der Waals surface area contributed by atoms with Crippen molar-refractivity contribution >= 4 is 0 Å². The van der Waals surface area contributed by atoms with Gasteiger partial charge >= 0.3 is 0 Å². The average molecular weight is 407 g/mol. The summed E-state index contributed by atoms with van der Waals surface area (Å²) in [4.78, 5) is 0. The van der Waals surface area contributed by atoms with Gasteiger partial charge in [0.05, 0.1) is 0 Å². The van der Waals surface area contributed by atoms with Gasteiger partial charge in [0.25, 0.3) is 0 Å². The highest BCUT2D eigenvalue weighted by Crippen LogP contribution is 2.47. The van der Waals surface area contributed by atoms with Crippen molar-refractivity contribution in [2.45, 2.75) is 31.8 Å². The predicted molar refractivity (Wildman–Crippen MR) is 125 cm³/mol. The number of hydrogen-bond donors (Lipinski definition) is 0. The summed E-state index contributed by atoms with van der Waals surface area (Å²) < 4.78 is 12.7. The summed E-state index contributed by atoms with van der Waals surface area (Å²) in [6, 6.07) is 38.1. The molecule has 0 N–H and O–H groups in total. The van der Waals surface area contributed by atoms with Crippen molar-refractivity contribution in [3.8, 4) is 22.3 Å². The molecule has 4 aromatic carbocycles. The minimum absolute atomic E-state index is 0.151. The molecule has 2 heteroatoms.